The molecule has 0 unspecified atom stereocenters. The largest absolute Gasteiger partial charge is 0.337 e. The van der Waals surface area contributed by atoms with E-state index in [-0.39, 0.29) is 6.03 Å². The topological polar surface area (TPSA) is 41.1 Å². The van der Waals surface area contributed by atoms with Crippen LogP contribution < -0.4 is 10.6 Å². The summed E-state index contributed by atoms with van der Waals surface area (Å²) < 4.78 is 0. The third-order valence-electron chi connectivity index (χ3n) is 2.69. The molecule has 1 aromatic carbocycles. The van der Waals surface area contributed by atoms with Crippen LogP contribution in [0.5, 0.6) is 0 Å². The summed E-state index contributed by atoms with van der Waals surface area (Å²) in [5, 5.41) is 6.44. The average Bonchev–Trinajstić information content (AvgIpc) is 2.89. The molecule has 0 aliphatic carbocycles. The van der Waals surface area contributed by atoms with Gasteiger partial charge < -0.3 is 10.6 Å². The van der Waals surface area contributed by atoms with Crippen LogP contribution in [0.25, 0.3) is 0 Å². The number of halogens is 1. The molecular weight excluding hydrogens is 324 g/mol. The van der Waals surface area contributed by atoms with E-state index in [1.54, 1.807) is 23.1 Å². The van der Waals surface area contributed by atoms with Gasteiger partial charge in [-0.25, -0.2) is 4.79 Å². The second-order valence-electron chi connectivity index (χ2n) is 4.42. The molecule has 0 atom stereocenters. The van der Waals surface area contributed by atoms with Crippen molar-refractivity contribution < 1.29 is 4.79 Å². The molecule has 2 N–H and O–H groups in total. The minimum atomic E-state index is -0.127. The molecule has 1 heterocycles. The van der Waals surface area contributed by atoms with Crippen molar-refractivity contribution in [3.05, 3.63) is 51.2 Å². The van der Waals surface area contributed by atoms with Crippen LogP contribution in [0.3, 0.4) is 0 Å². The predicted octanol–water partition coefficient (Wildman–Crippen LogP) is 4.30. The number of hydrogen-bond donors (Lipinski definition) is 2. The van der Waals surface area contributed by atoms with Crippen LogP contribution in [-0.4, -0.2) is 18.3 Å². The SMILES string of the molecule is Cc1ccc(CNC(=O)NCCSc2ccc(Cl)cc2)s1. The van der Waals surface area contributed by atoms with Crippen LogP contribution >= 0.6 is 34.7 Å². The normalized spacial score (nSPS) is 10.4. The lowest BCUT2D eigenvalue weighted by Crippen LogP contribution is -2.36. The molecular formula is C15H17ClN2OS2. The van der Waals surface area contributed by atoms with E-state index in [9.17, 15) is 4.79 Å². The summed E-state index contributed by atoms with van der Waals surface area (Å²) in [6.45, 7) is 3.26. The third-order valence-corrected chi connectivity index (χ3v) is 4.96. The third kappa shape index (κ3) is 5.99. The number of thiophene rings is 1. The fourth-order valence-electron chi connectivity index (χ4n) is 1.67. The summed E-state index contributed by atoms with van der Waals surface area (Å²) in [6, 6.07) is 11.7. The summed E-state index contributed by atoms with van der Waals surface area (Å²) in [7, 11) is 0. The van der Waals surface area contributed by atoms with Crippen LogP contribution in [-0.2, 0) is 6.54 Å². The van der Waals surface area contributed by atoms with Gasteiger partial charge in [0.2, 0.25) is 0 Å². The predicted molar refractivity (Wildman–Crippen MR) is 91.5 cm³/mol. The number of carbonyl (C=O) groups is 1. The Labute approximate surface area is 138 Å². The van der Waals surface area contributed by atoms with Gasteiger partial charge >= 0.3 is 6.03 Å². The monoisotopic (exact) mass is 340 g/mol. The van der Waals surface area contributed by atoms with E-state index in [2.05, 4.69) is 23.6 Å². The van der Waals surface area contributed by atoms with Gasteiger partial charge in [0.1, 0.15) is 0 Å². The average molecular weight is 341 g/mol. The molecule has 2 amide bonds. The van der Waals surface area contributed by atoms with Gasteiger partial charge in [0.25, 0.3) is 0 Å². The van der Waals surface area contributed by atoms with E-state index >= 15 is 0 Å². The zero-order valence-electron chi connectivity index (χ0n) is 11.7. The molecule has 3 nitrogen and oxygen atoms in total. The fraction of sp³-hybridized carbons (Fsp3) is 0.267. The van der Waals surface area contributed by atoms with Crippen molar-refractivity contribution in [1.82, 2.24) is 10.6 Å². The Hall–Kier alpha value is -1.17. The van der Waals surface area contributed by atoms with Gasteiger partial charge in [-0.05, 0) is 43.3 Å². The Balaban J connectivity index is 1.59. The van der Waals surface area contributed by atoms with Gasteiger partial charge in [-0.1, -0.05) is 11.6 Å². The zero-order chi connectivity index (χ0) is 15.1. The van der Waals surface area contributed by atoms with Crippen molar-refractivity contribution in [2.75, 3.05) is 12.3 Å². The van der Waals surface area contributed by atoms with Crippen LogP contribution in [0.4, 0.5) is 4.79 Å². The molecule has 112 valence electrons. The molecule has 0 aliphatic rings. The first-order valence-corrected chi connectivity index (χ1v) is 8.77. The molecule has 0 bridgehead atoms. The van der Waals surface area contributed by atoms with E-state index in [1.807, 2.05) is 30.3 Å². The maximum absolute atomic E-state index is 11.6. The number of hydrogen-bond acceptors (Lipinski definition) is 3. The smallest absolute Gasteiger partial charge is 0.315 e. The van der Waals surface area contributed by atoms with Gasteiger partial charge in [0.05, 0.1) is 6.54 Å². The van der Waals surface area contributed by atoms with Gasteiger partial charge in [0, 0.05) is 32.0 Å². The second kappa shape index (κ2) is 8.32. The van der Waals surface area contributed by atoms with Gasteiger partial charge in [-0.2, -0.15) is 0 Å². The van der Waals surface area contributed by atoms with Crippen molar-refractivity contribution in [1.29, 1.82) is 0 Å². The number of nitrogens with one attached hydrogen (secondary N) is 2. The molecule has 1 aromatic heterocycles. The maximum Gasteiger partial charge on any atom is 0.315 e. The highest BCUT2D eigenvalue weighted by molar-refractivity contribution is 7.99. The number of amides is 2. The van der Waals surface area contributed by atoms with E-state index in [4.69, 9.17) is 11.6 Å². The lowest BCUT2D eigenvalue weighted by Gasteiger charge is -2.06. The van der Waals surface area contributed by atoms with E-state index in [0.29, 0.717) is 13.1 Å². The highest BCUT2D eigenvalue weighted by atomic mass is 35.5. The van der Waals surface area contributed by atoms with E-state index < -0.39 is 0 Å². The van der Waals surface area contributed by atoms with Crippen molar-refractivity contribution in [3.63, 3.8) is 0 Å². The molecule has 2 rings (SSSR count). The Kier molecular flexibility index (Phi) is 6.42. The standard InChI is InChI=1S/C15H17ClN2OS2/c1-11-2-5-14(21-11)10-18-15(19)17-8-9-20-13-6-3-12(16)4-7-13/h2-7H,8-10H2,1H3,(H2,17,18,19). The van der Waals surface area contributed by atoms with Crippen LogP contribution in [0.2, 0.25) is 5.02 Å². The number of carbonyl (C=O) groups excluding carboxylic acids is 1. The highest BCUT2D eigenvalue weighted by Gasteiger charge is 2.02. The molecule has 0 radical (unpaired) electrons. The minimum Gasteiger partial charge on any atom is -0.337 e. The van der Waals surface area contributed by atoms with Crippen LogP contribution in [0.1, 0.15) is 9.75 Å². The molecule has 0 fully saturated rings. The molecule has 2 aromatic rings. The van der Waals surface area contributed by atoms with E-state index in [1.165, 1.54) is 4.88 Å². The molecule has 0 aliphatic heterocycles. The summed E-state index contributed by atoms with van der Waals surface area (Å²) in [6.07, 6.45) is 0. The second-order valence-corrected chi connectivity index (χ2v) is 7.40. The van der Waals surface area contributed by atoms with Crippen molar-refractivity contribution in [2.24, 2.45) is 0 Å². The Morgan fingerprint density at radius 2 is 1.95 bits per heavy atom. The molecule has 0 saturated carbocycles. The summed E-state index contributed by atoms with van der Waals surface area (Å²) >= 11 is 9.22. The quantitative estimate of drug-likeness (QED) is 0.608. The molecule has 21 heavy (non-hydrogen) atoms. The lowest BCUT2D eigenvalue weighted by atomic mass is 10.4. The van der Waals surface area contributed by atoms with Crippen LogP contribution in [0.15, 0.2) is 41.3 Å². The lowest BCUT2D eigenvalue weighted by molar-refractivity contribution is 0.241. The number of urea groups is 1. The maximum atomic E-state index is 11.6. The van der Waals surface area contributed by atoms with Gasteiger partial charge in [-0.15, -0.1) is 23.1 Å². The summed E-state index contributed by atoms with van der Waals surface area (Å²) in [4.78, 5) is 15.2. The summed E-state index contributed by atoms with van der Waals surface area (Å²) in [5.74, 6) is 0.827. The highest BCUT2D eigenvalue weighted by Crippen LogP contribution is 2.19. The first-order chi connectivity index (χ1) is 10.1. The Morgan fingerprint density at radius 3 is 2.62 bits per heavy atom. The van der Waals surface area contributed by atoms with Gasteiger partial charge in [-0.3, -0.25) is 0 Å². The molecule has 0 saturated heterocycles. The molecule has 6 heteroatoms. The first-order valence-electron chi connectivity index (χ1n) is 6.59. The molecule has 0 spiro atoms. The minimum absolute atomic E-state index is 0.127. The van der Waals surface area contributed by atoms with Crippen LogP contribution in [0, 0.1) is 6.92 Å². The number of benzene rings is 1. The van der Waals surface area contributed by atoms with Crippen molar-refractivity contribution in [3.8, 4) is 0 Å². The first kappa shape index (κ1) is 16.2. The van der Waals surface area contributed by atoms with Gasteiger partial charge in [0.15, 0.2) is 0 Å². The zero-order valence-corrected chi connectivity index (χ0v) is 14.1. The number of aryl methyl sites for hydroxylation is 1. The fourth-order valence-corrected chi connectivity index (χ4v) is 3.40. The number of rotatable bonds is 6. The number of thioether (sulfide) groups is 1. The van der Waals surface area contributed by atoms with Crippen molar-refractivity contribution >= 4 is 40.7 Å². The Bertz CT molecular complexity index is 584. The Morgan fingerprint density at radius 1 is 1.19 bits per heavy atom. The van der Waals surface area contributed by atoms with E-state index in [0.717, 1.165) is 20.5 Å². The summed E-state index contributed by atoms with van der Waals surface area (Å²) in [5.41, 5.74) is 0. The van der Waals surface area contributed by atoms with Crippen molar-refractivity contribution in [2.45, 2.75) is 18.4 Å².